The standard InChI is InChI=1S/C22H29N5O/c1-16-12-27(15-19(28-16)14-26-10-8-18(13-26)25(2)3)21-7-6-17(11-23)22-20(21)5-4-9-24-22/h4-7,9,16,18-19H,8,10,12-15H2,1-3H3/t16-,18+,19+/m1/s1. The smallest absolute Gasteiger partial charge is 0.101 e. The molecule has 2 saturated heterocycles. The van der Waals surface area contributed by atoms with Crippen LogP contribution >= 0.6 is 0 Å². The molecule has 2 aromatic rings. The maximum Gasteiger partial charge on any atom is 0.101 e. The molecule has 1 aromatic carbocycles. The summed E-state index contributed by atoms with van der Waals surface area (Å²) in [5, 5.41) is 10.5. The lowest BCUT2D eigenvalue weighted by atomic mass is 10.1. The monoisotopic (exact) mass is 379 g/mol. The van der Waals surface area contributed by atoms with Crippen LogP contribution in [-0.2, 0) is 4.74 Å². The zero-order valence-corrected chi connectivity index (χ0v) is 17.0. The molecule has 0 radical (unpaired) electrons. The van der Waals surface area contributed by atoms with Gasteiger partial charge in [-0.25, -0.2) is 0 Å². The lowest BCUT2D eigenvalue weighted by Gasteiger charge is -2.40. The number of likely N-dealkylation sites (N-methyl/N-ethyl adjacent to an activating group) is 1. The van der Waals surface area contributed by atoms with Crippen molar-refractivity contribution >= 4 is 16.6 Å². The lowest BCUT2D eigenvalue weighted by molar-refractivity contribution is -0.0299. The molecule has 2 fully saturated rings. The fraction of sp³-hybridized carbons (Fsp3) is 0.545. The molecule has 0 saturated carbocycles. The zero-order valence-electron chi connectivity index (χ0n) is 17.0. The molecule has 6 heteroatoms. The second-order valence-corrected chi connectivity index (χ2v) is 8.28. The molecule has 1 aromatic heterocycles. The number of pyridine rings is 1. The van der Waals surface area contributed by atoms with E-state index in [0.29, 0.717) is 11.6 Å². The summed E-state index contributed by atoms with van der Waals surface area (Å²) < 4.78 is 6.29. The highest BCUT2D eigenvalue weighted by Gasteiger charge is 2.31. The van der Waals surface area contributed by atoms with Crippen molar-refractivity contribution in [3.8, 4) is 6.07 Å². The van der Waals surface area contributed by atoms with E-state index in [0.717, 1.165) is 49.3 Å². The number of ether oxygens (including phenoxy) is 1. The van der Waals surface area contributed by atoms with Crippen molar-refractivity contribution in [2.75, 3.05) is 51.7 Å². The van der Waals surface area contributed by atoms with Gasteiger partial charge >= 0.3 is 0 Å². The molecule has 0 spiro atoms. The minimum Gasteiger partial charge on any atom is -0.370 e. The van der Waals surface area contributed by atoms with Crippen LogP contribution in [0.3, 0.4) is 0 Å². The van der Waals surface area contributed by atoms with Crippen molar-refractivity contribution in [1.82, 2.24) is 14.8 Å². The van der Waals surface area contributed by atoms with Gasteiger partial charge in [0, 0.05) is 49.5 Å². The second kappa shape index (κ2) is 8.04. The van der Waals surface area contributed by atoms with Crippen LogP contribution in [0.15, 0.2) is 30.5 Å². The number of rotatable bonds is 4. The van der Waals surface area contributed by atoms with Gasteiger partial charge in [-0.2, -0.15) is 5.26 Å². The van der Waals surface area contributed by atoms with Crippen LogP contribution in [0.25, 0.3) is 10.9 Å². The number of nitriles is 1. The minimum absolute atomic E-state index is 0.174. The van der Waals surface area contributed by atoms with Crippen LogP contribution in [0, 0.1) is 11.3 Å². The van der Waals surface area contributed by atoms with Gasteiger partial charge in [-0.15, -0.1) is 0 Å². The summed E-state index contributed by atoms with van der Waals surface area (Å²) >= 11 is 0. The summed E-state index contributed by atoms with van der Waals surface area (Å²) in [6, 6.07) is 10.9. The fourth-order valence-electron chi connectivity index (χ4n) is 4.55. The number of hydrogen-bond donors (Lipinski definition) is 0. The molecule has 6 nitrogen and oxygen atoms in total. The van der Waals surface area contributed by atoms with Crippen molar-refractivity contribution in [3.05, 3.63) is 36.0 Å². The Morgan fingerprint density at radius 3 is 2.86 bits per heavy atom. The number of fused-ring (bicyclic) bond motifs is 1. The highest BCUT2D eigenvalue weighted by Crippen LogP contribution is 2.30. The zero-order chi connectivity index (χ0) is 19.7. The number of nitrogens with zero attached hydrogens (tertiary/aromatic N) is 5. The van der Waals surface area contributed by atoms with Crippen LogP contribution in [0.5, 0.6) is 0 Å². The molecule has 3 heterocycles. The van der Waals surface area contributed by atoms with E-state index in [1.807, 2.05) is 12.1 Å². The van der Waals surface area contributed by atoms with Crippen molar-refractivity contribution < 1.29 is 4.74 Å². The molecular formula is C22H29N5O. The van der Waals surface area contributed by atoms with E-state index in [1.54, 1.807) is 6.20 Å². The minimum atomic E-state index is 0.174. The van der Waals surface area contributed by atoms with Gasteiger partial charge < -0.3 is 14.5 Å². The van der Waals surface area contributed by atoms with Crippen LogP contribution < -0.4 is 4.90 Å². The third-order valence-electron chi connectivity index (χ3n) is 5.97. The number of benzene rings is 1. The average molecular weight is 380 g/mol. The van der Waals surface area contributed by atoms with E-state index in [2.05, 4.69) is 58.9 Å². The third-order valence-corrected chi connectivity index (χ3v) is 5.97. The van der Waals surface area contributed by atoms with Gasteiger partial charge in [0.1, 0.15) is 6.07 Å². The van der Waals surface area contributed by atoms with Crippen LogP contribution in [-0.4, -0.2) is 79.9 Å². The third kappa shape index (κ3) is 3.83. The first-order valence-electron chi connectivity index (χ1n) is 10.1. The Kier molecular flexibility index (Phi) is 5.49. The normalized spacial score (nSPS) is 26.1. The maximum atomic E-state index is 9.41. The topological polar surface area (TPSA) is 55.6 Å². The van der Waals surface area contributed by atoms with E-state index >= 15 is 0 Å². The Hall–Kier alpha value is -2.20. The fourth-order valence-corrected chi connectivity index (χ4v) is 4.55. The summed E-state index contributed by atoms with van der Waals surface area (Å²) in [5.41, 5.74) is 2.56. The molecule has 0 aliphatic carbocycles. The summed E-state index contributed by atoms with van der Waals surface area (Å²) in [5.74, 6) is 0. The predicted octanol–water partition coefficient (Wildman–Crippen LogP) is 2.34. The Balaban J connectivity index is 1.53. The van der Waals surface area contributed by atoms with Gasteiger partial charge in [0.25, 0.3) is 0 Å². The number of morpholine rings is 1. The van der Waals surface area contributed by atoms with Gasteiger partial charge in [-0.1, -0.05) is 0 Å². The average Bonchev–Trinajstić information content (AvgIpc) is 3.15. The van der Waals surface area contributed by atoms with Gasteiger partial charge in [-0.05, 0) is 58.3 Å². The SMILES string of the molecule is C[C@@H]1CN(c2ccc(C#N)c3ncccc23)C[C@H](CN2CC[C@H](N(C)C)C2)O1. The Bertz CT molecular complexity index is 877. The van der Waals surface area contributed by atoms with Gasteiger partial charge in [-0.3, -0.25) is 9.88 Å². The Morgan fingerprint density at radius 2 is 2.11 bits per heavy atom. The summed E-state index contributed by atoms with van der Waals surface area (Å²) in [4.78, 5) is 11.7. The van der Waals surface area contributed by atoms with Crippen molar-refractivity contribution in [3.63, 3.8) is 0 Å². The first-order chi connectivity index (χ1) is 13.5. The van der Waals surface area contributed by atoms with E-state index in [9.17, 15) is 5.26 Å². The summed E-state index contributed by atoms with van der Waals surface area (Å²) in [7, 11) is 4.33. The van der Waals surface area contributed by atoms with Crippen molar-refractivity contribution in [2.45, 2.75) is 31.6 Å². The van der Waals surface area contributed by atoms with Crippen LogP contribution in [0.2, 0.25) is 0 Å². The van der Waals surface area contributed by atoms with E-state index in [-0.39, 0.29) is 12.2 Å². The number of likely N-dealkylation sites (tertiary alicyclic amines) is 1. The molecule has 2 aliphatic rings. The van der Waals surface area contributed by atoms with E-state index in [1.165, 1.54) is 6.42 Å². The summed E-state index contributed by atoms with van der Waals surface area (Å²) in [6.07, 6.45) is 3.34. The summed E-state index contributed by atoms with van der Waals surface area (Å²) in [6.45, 7) is 7.09. The highest BCUT2D eigenvalue weighted by atomic mass is 16.5. The number of hydrogen-bond acceptors (Lipinski definition) is 6. The van der Waals surface area contributed by atoms with E-state index < -0.39 is 0 Å². The predicted molar refractivity (Wildman–Crippen MR) is 112 cm³/mol. The van der Waals surface area contributed by atoms with E-state index in [4.69, 9.17) is 4.74 Å². The van der Waals surface area contributed by atoms with Crippen LogP contribution in [0.4, 0.5) is 5.69 Å². The lowest BCUT2D eigenvalue weighted by Crippen LogP contribution is -2.50. The molecule has 148 valence electrons. The van der Waals surface area contributed by atoms with Gasteiger partial charge in [0.15, 0.2) is 0 Å². The molecule has 28 heavy (non-hydrogen) atoms. The quantitative estimate of drug-likeness (QED) is 0.813. The largest absolute Gasteiger partial charge is 0.370 e. The maximum absolute atomic E-state index is 9.41. The molecule has 0 unspecified atom stereocenters. The second-order valence-electron chi connectivity index (χ2n) is 8.28. The Labute approximate surface area is 167 Å². The molecule has 0 amide bonds. The molecule has 0 N–H and O–H groups in total. The first-order valence-corrected chi connectivity index (χ1v) is 10.1. The molecule has 0 bridgehead atoms. The molecule has 3 atom stereocenters. The number of anilines is 1. The number of aromatic nitrogens is 1. The Morgan fingerprint density at radius 1 is 1.25 bits per heavy atom. The van der Waals surface area contributed by atoms with Gasteiger partial charge in [0.05, 0.1) is 23.3 Å². The first kappa shape index (κ1) is 19.1. The molecule has 2 aliphatic heterocycles. The molecule has 4 rings (SSSR count). The highest BCUT2D eigenvalue weighted by molar-refractivity contribution is 5.95. The van der Waals surface area contributed by atoms with Crippen molar-refractivity contribution in [1.29, 1.82) is 5.26 Å². The van der Waals surface area contributed by atoms with Crippen LogP contribution in [0.1, 0.15) is 18.9 Å². The van der Waals surface area contributed by atoms with Gasteiger partial charge in [0.2, 0.25) is 0 Å². The molecular weight excluding hydrogens is 350 g/mol. The van der Waals surface area contributed by atoms with Crippen molar-refractivity contribution in [2.24, 2.45) is 0 Å².